The van der Waals surface area contributed by atoms with E-state index in [1.54, 1.807) is 43.6 Å². The standard InChI is InChI=1S/C31H35N3O5/c1-37-27-15-14-21(17-28(27)38-2)30(31(36)33-23-9-4-3-5-10-23)34(20-24-11-8-16-39-24)29(35)18-22-19-32-26-13-7-6-12-25(22)26/h6-8,11-17,19,23,30,32H,3-5,9-10,18,20H2,1-2H3,(H,33,36)/t30-/m0/s1. The summed E-state index contributed by atoms with van der Waals surface area (Å²) in [4.78, 5) is 33.0. The summed E-state index contributed by atoms with van der Waals surface area (Å²) < 4.78 is 16.6. The number of aromatic amines is 1. The number of para-hydroxylation sites is 1. The second-order valence-electron chi connectivity index (χ2n) is 10.00. The number of hydrogen-bond acceptors (Lipinski definition) is 5. The van der Waals surface area contributed by atoms with Crippen molar-refractivity contribution < 1.29 is 23.5 Å². The summed E-state index contributed by atoms with van der Waals surface area (Å²) in [5.41, 5.74) is 2.47. The minimum absolute atomic E-state index is 0.0862. The van der Waals surface area contributed by atoms with Crippen molar-refractivity contribution in [3.63, 3.8) is 0 Å². The molecule has 2 aromatic heterocycles. The van der Waals surface area contributed by atoms with E-state index in [-0.39, 0.29) is 30.8 Å². The number of furan rings is 1. The van der Waals surface area contributed by atoms with E-state index in [9.17, 15) is 9.59 Å². The van der Waals surface area contributed by atoms with Gasteiger partial charge in [-0.15, -0.1) is 0 Å². The van der Waals surface area contributed by atoms with Crippen LogP contribution < -0.4 is 14.8 Å². The quantitative estimate of drug-likeness (QED) is 0.281. The number of carbonyl (C=O) groups excluding carboxylic acids is 2. The number of amides is 2. The second kappa shape index (κ2) is 12.1. The molecule has 4 aromatic rings. The highest BCUT2D eigenvalue weighted by molar-refractivity contribution is 5.92. The molecule has 8 nitrogen and oxygen atoms in total. The number of ether oxygens (including phenoxy) is 2. The van der Waals surface area contributed by atoms with Crippen molar-refractivity contribution in [3.05, 3.63) is 83.9 Å². The lowest BCUT2D eigenvalue weighted by Crippen LogP contribution is -2.47. The molecule has 0 unspecified atom stereocenters. The molecular formula is C31H35N3O5. The van der Waals surface area contributed by atoms with Gasteiger partial charge in [-0.05, 0) is 54.3 Å². The maximum atomic E-state index is 14.1. The normalized spacial score (nSPS) is 14.6. The molecule has 1 aliphatic rings. The molecule has 0 spiro atoms. The number of benzene rings is 2. The lowest BCUT2D eigenvalue weighted by atomic mass is 9.94. The number of rotatable bonds is 10. The second-order valence-corrected chi connectivity index (χ2v) is 10.00. The first-order chi connectivity index (χ1) is 19.1. The average Bonchev–Trinajstić information content (AvgIpc) is 3.63. The van der Waals surface area contributed by atoms with Crippen LogP contribution in [0.5, 0.6) is 11.5 Å². The molecule has 8 heteroatoms. The highest BCUT2D eigenvalue weighted by atomic mass is 16.5. The zero-order chi connectivity index (χ0) is 27.2. The number of carbonyl (C=O) groups is 2. The van der Waals surface area contributed by atoms with Crippen molar-refractivity contribution in [2.45, 2.75) is 57.2 Å². The van der Waals surface area contributed by atoms with Crippen LogP contribution in [-0.2, 0) is 22.6 Å². The first-order valence-corrected chi connectivity index (χ1v) is 13.5. The maximum Gasteiger partial charge on any atom is 0.247 e. The number of hydrogen-bond donors (Lipinski definition) is 2. The lowest BCUT2D eigenvalue weighted by Gasteiger charge is -2.33. The van der Waals surface area contributed by atoms with Crippen LogP contribution in [0.15, 0.2) is 71.5 Å². The minimum Gasteiger partial charge on any atom is -0.493 e. The van der Waals surface area contributed by atoms with Crippen LogP contribution in [0.4, 0.5) is 0 Å². The molecule has 5 rings (SSSR count). The highest BCUT2D eigenvalue weighted by Gasteiger charge is 2.34. The molecule has 1 fully saturated rings. The molecule has 0 aliphatic heterocycles. The van der Waals surface area contributed by atoms with Gasteiger partial charge >= 0.3 is 0 Å². The Labute approximate surface area is 228 Å². The van der Waals surface area contributed by atoms with Gasteiger partial charge in [-0.1, -0.05) is 43.5 Å². The van der Waals surface area contributed by atoms with E-state index in [4.69, 9.17) is 13.9 Å². The minimum atomic E-state index is -0.894. The number of nitrogens with zero attached hydrogens (tertiary/aromatic N) is 1. The van der Waals surface area contributed by atoms with Gasteiger partial charge in [-0.2, -0.15) is 0 Å². The summed E-state index contributed by atoms with van der Waals surface area (Å²) in [6.07, 6.45) is 8.79. The van der Waals surface area contributed by atoms with E-state index in [0.29, 0.717) is 22.8 Å². The first kappa shape index (κ1) is 26.4. The molecule has 1 saturated carbocycles. The largest absolute Gasteiger partial charge is 0.493 e. The summed E-state index contributed by atoms with van der Waals surface area (Å²) in [7, 11) is 3.13. The lowest BCUT2D eigenvalue weighted by molar-refractivity contribution is -0.141. The van der Waals surface area contributed by atoms with Crippen LogP contribution in [0.25, 0.3) is 10.9 Å². The highest BCUT2D eigenvalue weighted by Crippen LogP contribution is 2.34. The van der Waals surface area contributed by atoms with Gasteiger partial charge in [0, 0.05) is 23.1 Å². The molecule has 0 saturated heterocycles. The Hall–Kier alpha value is -4.20. The van der Waals surface area contributed by atoms with Gasteiger partial charge in [0.15, 0.2) is 11.5 Å². The van der Waals surface area contributed by atoms with Crippen LogP contribution in [0.1, 0.15) is 55.0 Å². The average molecular weight is 530 g/mol. The molecule has 2 amide bonds. The van der Waals surface area contributed by atoms with E-state index >= 15 is 0 Å². The first-order valence-electron chi connectivity index (χ1n) is 13.5. The third-order valence-corrected chi connectivity index (χ3v) is 7.48. The molecule has 204 valence electrons. The third kappa shape index (κ3) is 5.95. The van der Waals surface area contributed by atoms with Crippen LogP contribution in [0.3, 0.4) is 0 Å². The monoisotopic (exact) mass is 529 g/mol. The van der Waals surface area contributed by atoms with Crippen LogP contribution in [0, 0.1) is 0 Å². The summed E-state index contributed by atoms with van der Waals surface area (Å²) in [5, 5.41) is 4.23. The van der Waals surface area contributed by atoms with E-state index < -0.39 is 6.04 Å². The Bertz CT molecular complexity index is 1400. The maximum absolute atomic E-state index is 14.1. The summed E-state index contributed by atoms with van der Waals surface area (Å²) in [5.74, 6) is 1.24. The van der Waals surface area contributed by atoms with E-state index in [1.807, 2.05) is 42.6 Å². The van der Waals surface area contributed by atoms with Gasteiger partial charge in [0.2, 0.25) is 11.8 Å². The van der Waals surface area contributed by atoms with Crippen LogP contribution in [0.2, 0.25) is 0 Å². The summed E-state index contributed by atoms with van der Waals surface area (Å²) >= 11 is 0. The van der Waals surface area contributed by atoms with Gasteiger partial charge in [0.25, 0.3) is 0 Å². The van der Waals surface area contributed by atoms with Crippen molar-refractivity contribution in [3.8, 4) is 11.5 Å². The predicted molar refractivity (Wildman–Crippen MR) is 149 cm³/mol. The fourth-order valence-corrected chi connectivity index (χ4v) is 5.46. The molecule has 2 aromatic carbocycles. The molecule has 1 aliphatic carbocycles. The van der Waals surface area contributed by atoms with Gasteiger partial charge in [-0.3, -0.25) is 9.59 Å². The third-order valence-electron chi connectivity index (χ3n) is 7.48. The molecular weight excluding hydrogens is 494 g/mol. The predicted octanol–water partition coefficient (Wildman–Crippen LogP) is 5.54. The summed E-state index contributed by atoms with van der Waals surface area (Å²) in [6, 6.07) is 16.0. The van der Waals surface area contributed by atoms with Gasteiger partial charge in [0.1, 0.15) is 11.8 Å². The van der Waals surface area contributed by atoms with Crippen molar-refractivity contribution in [2.24, 2.45) is 0 Å². The van der Waals surface area contributed by atoms with Crippen molar-refractivity contribution in [1.82, 2.24) is 15.2 Å². The molecule has 2 heterocycles. The van der Waals surface area contributed by atoms with E-state index in [1.165, 1.54) is 6.42 Å². The molecule has 0 bridgehead atoms. The Balaban J connectivity index is 1.53. The van der Waals surface area contributed by atoms with Crippen LogP contribution in [-0.4, -0.2) is 42.0 Å². The molecule has 39 heavy (non-hydrogen) atoms. The Kier molecular flexibility index (Phi) is 8.20. The molecule has 1 atom stereocenters. The van der Waals surface area contributed by atoms with Gasteiger partial charge in [-0.25, -0.2) is 0 Å². The smallest absolute Gasteiger partial charge is 0.247 e. The number of aromatic nitrogens is 1. The Morgan fingerprint density at radius 1 is 1.03 bits per heavy atom. The van der Waals surface area contributed by atoms with Crippen LogP contribution >= 0.6 is 0 Å². The van der Waals surface area contributed by atoms with Crippen molar-refractivity contribution in [2.75, 3.05) is 14.2 Å². The Morgan fingerprint density at radius 2 is 1.82 bits per heavy atom. The molecule has 2 N–H and O–H groups in total. The van der Waals surface area contributed by atoms with Crippen molar-refractivity contribution in [1.29, 1.82) is 0 Å². The Morgan fingerprint density at radius 3 is 2.56 bits per heavy atom. The van der Waals surface area contributed by atoms with Gasteiger partial charge in [0.05, 0.1) is 33.4 Å². The summed E-state index contributed by atoms with van der Waals surface area (Å²) in [6.45, 7) is 0.144. The van der Waals surface area contributed by atoms with E-state index in [2.05, 4.69) is 10.3 Å². The SMILES string of the molecule is COc1ccc([C@@H](C(=O)NC2CCCCC2)N(Cc2ccco2)C(=O)Cc2c[nH]c3ccccc23)cc1OC. The number of fused-ring (bicyclic) bond motifs is 1. The fourth-order valence-electron chi connectivity index (χ4n) is 5.46. The van der Waals surface area contributed by atoms with E-state index in [0.717, 1.165) is 42.1 Å². The van der Waals surface area contributed by atoms with Crippen molar-refractivity contribution >= 4 is 22.7 Å². The molecule has 0 radical (unpaired) electrons. The fraction of sp³-hybridized carbons (Fsp3) is 0.355. The number of H-pyrrole nitrogens is 1. The zero-order valence-electron chi connectivity index (χ0n) is 22.4. The van der Waals surface area contributed by atoms with Gasteiger partial charge < -0.3 is 29.1 Å². The number of nitrogens with one attached hydrogen (secondary N) is 2. The number of methoxy groups -OCH3 is 2. The zero-order valence-corrected chi connectivity index (χ0v) is 22.4. The topological polar surface area (TPSA) is 96.8 Å².